The van der Waals surface area contributed by atoms with Gasteiger partial charge in [-0.1, -0.05) is 32.4 Å². The average molecular weight is 283 g/mol. The van der Waals surface area contributed by atoms with E-state index in [0.717, 1.165) is 18.4 Å². The highest BCUT2D eigenvalue weighted by Crippen LogP contribution is 2.40. The zero-order valence-electron chi connectivity index (χ0n) is 11.9. The van der Waals surface area contributed by atoms with Crippen LogP contribution in [0.15, 0.2) is 12.3 Å². The van der Waals surface area contributed by atoms with Gasteiger partial charge in [0.25, 0.3) is 0 Å². The van der Waals surface area contributed by atoms with Crippen molar-refractivity contribution in [1.82, 2.24) is 4.98 Å². The van der Waals surface area contributed by atoms with Crippen LogP contribution in [0.5, 0.6) is 5.88 Å². The number of hydrogen-bond acceptors (Lipinski definition) is 3. The second-order valence-corrected chi connectivity index (χ2v) is 6.82. The third-order valence-corrected chi connectivity index (χ3v) is 4.19. The number of hydrogen-bond donors (Lipinski definition) is 1. The van der Waals surface area contributed by atoms with Crippen LogP contribution in [0, 0.1) is 11.3 Å². The van der Waals surface area contributed by atoms with Crippen molar-refractivity contribution < 1.29 is 4.74 Å². The van der Waals surface area contributed by atoms with E-state index in [1.807, 2.05) is 6.07 Å². The van der Waals surface area contributed by atoms with Crippen molar-refractivity contribution in [2.75, 3.05) is 0 Å². The summed E-state index contributed by atoms with van der Waals surface area (Å²) in [6.45, 7) is 7.28. The Hall–Kier alpha value is -0.800. The van der Waals surface area contributed by atoms with E-state index in [4.69, 9.17) is 22.1 Å². The molecule has 19 heavy (non-hydrogen) atoms. The van der Waals surface area contributed by atoms with Crippen LogP contribution in [0.1, 0.15) is 45.6 Å². The molecule has 0 bridgehead atoms. The highest BCUT2D eigenvalue weighted by molar-refractivity contribution is 6.32. The van der Waals surface area contributed by atoms with E-state index in [2.05, 4.69) is 25.8 Å². The second-order valence-electron chi connectivity index (χ2n) is 6.45. The third-order valence-electron chi connectivity index (χ3n) is 3.78. The first kappa shape index (κ1) is 14.6. The number of nitrogens with two attached hydrogens (primary N) is 1. The lowest BCUT2D eigenvalue weighted by molar-refractivity contribution is 0.0533. The smallest absolute Gasteiger partial charge is 0.233 e. The molecular formula is C15H23ClN2O. The zero-order valence-corrected chi connectivity index (χ0v) is 12.7. The third kappa shape index (κ3) is 3.61. The van der Waals surface area contributed by atoms with Crippen LogP contribution in [-0.2, 0) is 6.54 Å². The number of aromatic nitrogens is 1. The molecule has 106 valence electrons. The Kier molecular flexibility index (Phi) is 4.36. The molecule has 1 aromatic heterocycles. The van der Waals surface area contributed by atoms with Crippen molar-refractivity contribution in [3.05, 3.63) is 22.8 Å². The van der Waals surface area contributed by atoms with Crippen LogP contribution in [0.25, 0.3) is 0 Å². The van der Waals surface area contributed by atoms with Crippen molar-refractivity contribution in [3.8, 4) is 5.88 Å². The highest BCUT2D eigenvalue weighted by Gasteiger charge is 2.33. The fraction of sp³-hybridized carbons (Fsp3) is 0.667. The Bertz CT molecular complexity index is 448. The van der Waals surface area contributed by atoms with Crippen molar-refractivity contribution in [1.29, 1.82) is 0 Å². The Morgan fingerprint density at radius 2 is 2.21 bits per heavy atom. The molecular weight excluding hydrogens is 260 g/mol. The molecule has 2 atom stereocenters. The van der Waals surface area contributed by atoms with Gasteiger partial charge in [-0.25, -0.2) is 4.98 Å². The number of ether oxygens (including phenoxy) is 1. The number of rotatable bonds is 3. The minimum atomic E-state index is 0.191. The van der Waals surface area contributed by atoms with Gasteiger partial charge in [-0.05, 0) is 42.2 Å². The number of halogens is 1. The Labute approximate surface area is 120 Å². The van der Waals surface area contributed by atoms with Crippen molar-refractivity contribution in [2.45, 2.75) is 52.7 Å². The van der Waals surface area contributed by atoms with E-state index in [0.29, 0.717) is 28.8 Å². The van der Waals surface area contributed by atoms with Crippen LogP contribution < -0.4 is 10.5 Å². The van der Waals surface area contributed by atoms with E-state index >= 15 is 0 Å². The second kappa shape index (κ2) is 5.68. The van der Waals surface area contributed by atoms with Gasteiger partial charge in [-0.15, -0.1) is 0 Å². The maximum Gasteiger partial charge on any atom is 0.233 e. The summed E-state index contributed by atoms with van der Waals surface area (Å²) in [7, 11) is 0. The molecule has 0 amide bonds. The molecule has 1 fully saturated rings. The van der Waals surface area contributed by atoms with E-state index in [9.17, 15) is 0 Å². The molecule has 4 heteroatoms. The van der Waals surface area contributed by atoms with Gasteiger partial charge < -0.3 is 10.5 Å². The van der Waals surface area contributed by atoms with Crippen LogP contribution in [-0.4, -0.2) is 11.1 Å². The zero-order chi connectivity index (χ0) is 14.0. The molecule has 0 spiro atoms. The molecule has 2 rings (SSSR count). The van der Waals surface area contributed by atoms with E-state index in [1.54, 1.807) is 6.20 Å². The standard InChI is InChI=1S/C15H23ClN2O/c1-10-6-12(8-15(2,3)7-10)19-14-13(16)11(9-17)4-5-18-14/h4-5,10,12H,6-9,17H2,1-3H3. The van der Waals surface area contributed by atoms with Gasteiger partial charge in [0, 0.05) is 12.7 Å². The lowest BCUT2D eigenvalue weighted by atomic mass is 9.71. The van der Waals surface area contributed by atoms with Gasteiger partial charge in [-0.3, -0.25) is 0 Å². The summed E-state index contributed by atoms with van der Waals surface area (Å²) in [5.74, 6) is 1.20. The first-order valence-corrected chi connectivity index (χ1v) is 7.29. The normalized spacial score (nSPS) is 26.2. The highest BCUT2D eigenvalue weighted by atomic mass is 35.5. The molecule has 1 heterocycles. The molecule has 3 nitrogen and oxygen atoms in total. The average Bonchev–Trinajstić information content (AvgIpc) is 2.29. The predicted molar refractivity (Wildman–Crippen MR) is 78.4 cm³/mol. The molecule has 2 N–H and O–H groups in total. The molecule has 1 aromatic rings. The van der Waals surface area contributed by atoms with Gasteiger partial charge in [0.2, 0.25) is 5.88 Å². The van der Waals surface area contributed by atoms with Crippen molar-refractivity contribution in [2.24, 2.45) is 17.1 Å². The van der Waals surface area contributed by atoms with E-state index < -0.39 is 0 Å². The first-order chi connectivity index (χ1) is 8.91. The fourth-order valence-electron chi connectivity index (χ4n) is 3.21. The number of pyridine rings is 1. The predicted octanol–water partition coefficient (Wildman–Crippen LogP) is 3.79. The molecule has 1 aliphatic rings. The molecule has 0 radical (unpaired) electrons. The lowest BCUT2D eigenvalue weighted by Gasteiger charge is -2.38. The van der Waals surface area contributed by atoms with E-state index in [1.165, 1.54) is 6.42 Å². The fourth-order valence-corrected chi connectivity index (χ4v) is 3.44. The van der Waals surface area contributed by atoms with Crippen LogP contribution in [0.4, 0.5) is 0 Å². The lowest BCUT2D eigenvalue weighted by Crippen LogP contribution is -2.34. The Morgan fingerprint density at radius 3 is 2.84 bits per heavy atom. The van der Waals surface area contributed by atoms with Crippen molar-refractivity contribution >= 4 is 11.6 Å². The number of nitrogens with zero attached hydrogens (tertiary/aromatic N) is 1. The minimum Gasteiger partial charge on any atom is -0.473 e. The van der Waals surface area contributed by atoms with Gasteiger partial charge in [0.1, 0.15) is 11.1 Å². The Balaban J connectivity index is 2.13. The van der Waals surface area contributed by atoms with Crippen LogP contribution in [0.2, 0.25) is 5.02 Å². The topological polar surface area (TPSA) is 48.1 Å². The molecule has 0 aromatic carbocycles. The van der Waals surface area contributed by atoms with Gasteiger partial charge in [0.05, 0.1) is 0 Å². The maximum absolute atomic E-state index is 6.27. The summed E-state index contributed by atoms with van der Waals surface area (Å²) in [6.07, 6.45) is 5.26. The molecule has 1 saturated carbocycles. The quantitative estimate of drug-likeness (QED) is 0.918. The maximum atomic E-state index is 6.27. The monoisotopic (exact) mass is 282 g/mol. The SMILES string of the molecule is CC1CC(Oc2nccc(CN)c2Cl)CC(C)(C)C1. The molecule has 1 aliphatic carbocycles. The van der Waals surface area contributed by atoms with Crippen LogP contribution >= 0.6 is 11.6 Å². The first-order valence-electron chi connectivity index (χ1n) is 6.91. The Morgan fingerprint density at radius 1 is 1.47 bits per heavy atom. The summed E-state index contributed by atoms with van der Waals surface area (Å²) in [6, 6.07) is 1.84. The summed E-state index contributed by atoms with van der Waals surface area (Å²) >= 11 is 6.27. The van der Waals surface area contributed by atoms with E-state index in [-0.39, 0.29) is 6.10 Å². The van der Waals surface area contributed by atoms with Gasteiger partial charge >= 0.3 is 0 Å². The summed E-state index contributed by atoms with van der Waals surface area (Å²) in [4.78, 5) is 4.24. The van der Waals surface area contributed by atoms with Crippen molar-refractivity contribution in [3.63, 3.8) is 0 Å². The molecule has 0 aliphatic heterocycles. The van der Waals surface area contributed by atoms with Crippen LogP contribution in [0.3, 0.4) is 0 Å². The van der Waals surface area contributed by atoms with Gasteiger partial charge in [0.15, 0.2) is 0 Å². The molecule has 0 saturated heterocycles. The minimum absolute atomic E-state index is 0.191. The summed E-state index contributed by atoms with van der Waals surface area (Å²) in [5.41, 5.74) is 6.85. The summed E-state index contributed by atoms with van der Waals surface area (Å²) in [5, 5.41) is 0.557. The largest absolute Gasteiger partial charge is 0.473 e. The van der Waals surface area contributed by atoms with Gasteiger partial charge in [-0.2, -0.15) is 0 Å². The summed E-state index contributed by atoms with van der Waals surface area (Å²) < 4.78 is 6.04. The molecule has 2 unspecified atom stereocenters.